The zero-order valence-corrected chi connectivity index (χ0v) is 9.02. The summed E-state index contributed by atoms with van der Waals surface area (Å²) in [5.41, 5.74) is 5.16. The van der Waals surface area contributed by atoms with Gasteiger partial charge in [-0.3, -0.25) is 0 Å². The minimum atomic E-state index is -4.90. The fourth-order valence-electron chi connectivity index (χ4n) is 1.00. The van der Waals surface area contributed by atoms with Gasteiger partial charge in [0.2, 0.25) is 0 Å². The van der Waals surface area contributed by atoms with E-state index in [2.05, 4.69) is 9.73 Å². The highest BCUT2D eigenvalue weighted by Gasteiger charge is 2.31. The molecule has 8 heteroatoms. The Kier molecular flexibility index (Phi) is 4.17. The molecule has 0 saturated carbocycles. The summed E-state index contributed by atoms with van der Waals surface area (Å²) >= 11 is 5.33. The molecular weight excluding hydrogens is 264 g/mol. The lowest BCUT2D eigenvalue weighted by Gasteiger charge is -2.09. The number of ether oxygens (including phenoxy) is 1. The maximum absolute atomic E-state index is 13.0. The zero-order chi connectivity index (χ0) is 13.1. The lowest BCUT2D eigenvalue weighted by atomic mass is 10.3. The van der Waals surface area contributed by atoms with E-state index in [1.807, 2.05) is 0 Å². The second-order valence-electron chi connectivity index (χ2n) is 2.93. The van der Waals surface area contributed by atoms with Crippen LogP contribution in [-0.2, 0) is 0 Å². The fraction of sp³-hybridized carbons (Fsp3) is 0.222. The molecule has 0 radical (unpaired) electrons. The summed E-state index contributed by atoms with van der Waals surface area (Å²) < 4.78 is 52.2. The van der Waals surface area contributed by atoms with Gasteiger partial charge in [0.05, 0.1) is 11.6 Å². The molecular formula is C9H7ClF4N2O. The number of alkyl halides is 4. The van der Waals surface area contributed by atoms with Crippen molar-refractivity contribution in [1.82, 2.24) is 0 Å². The number of rotatable bonds is 3. The summed E-state index contributed by atoms with van der Waals surface area (Å²) in [6.07, 6.45) is -4.90. The van der Waals surface area contributed by atoms with E-state index in [9.17, 15) is 17.6 Å². The average Bonchev–Trinajstić information content (AvgIpc) is 2.13. The van der Waals surface area contributed by atoms with Gasteiger partial charge < -0.3 is 10.5 Å². The van der Waals surface area contributed by atoms with Crippen molar-refractivity contribution in [3.8, 4) is 5.75 Å². The first-order valence-corrected chi connectivity index (χ1v) is 4.79. The third kappa shape index (κ3) is 4.90. The molecule has 0 unspecified atom stereocenters. The Morgan fingerprint density at radius 3 is 2.53 bits per heavy atom. The van der Waals surface area contributed by atoms with Crippen molar-refractivity contribution in [2.75, 3.05) is 5.88 Å². The van der Waals surface area contributed by atoms with Crippen LogP contribution in [0.15, 0.2) is 23.2 Å². The van der Waals surface area contributed by atoms with Crippen molar-refractivity contribution >= 4 is 23.1 Å². The van der Waals surface area contributed by atoms with Crippen molar-refractivity contribution in [3.05, 3.63) is 24.0 Å². The van der Waals surface area contributed by atoms with Gasteiger partial charge in [0.1, 0.15) is 17.4 Å². The molecule has 0 heterocycles. The third-order valence-electron chi connectivity index (χ3n) is 1.50. The van der Waals surface area contributed by atoms with E-state index in [4.69, 9.17) is 17.3 Å². The molecule has 94 valence electrons. The highest BCUT2D eigenvalue weighted by atomic mass is 35.5. The van der Waals surface area contributed by atoms with Crippen molar-refractivity contribution in [1.29, 1.82) is 0 Å². The van der Waals surface area contributed by atoms with Crippen molar-refractivity contribution in [2.45, 2.75) is 6.36 Å². The van der Waals surface area contributed by atoms with Gasteiger partial charge in [0, 0.05) is 12.1 Å². The Labute approximate surface area is 98.8 Å². The summed E-state index contributed by atoms with van der Waals surface area (Å²) in [4.78, 5) is 3.60. The number of halogens is 5. The molecule has 0 bridgehead atoms. The van der Waals surface area contributed by atoms with Crippen LogP contribution in [0.5, 0.6) is 5.75 Å². The van der Waals surface area contributed by atoms with Crippen LogP contribution in [0.1, 0.15) is 0 Å². The van der Waals surface area contributed by atoms with E-state index < -0.39 is 17.9 Å². The van der Waals surface area contributed by atoms with Gasteiger partial charge in [0.25, 0.3) is 0 Å². The second kappa shape index (κ2) is 5.22. The van der Waals surface area contributed by atoms with E-state index in [0.717, 1.165) is 12.1 Å². The molecule has 2 N–H and O–H groups in total. The van der Waals surface area contributed by atoms with Crippen LogP contribution in [0.4, 0.5) is 23.2 Å². The Hall–Kier alpha value is -1.50. The van der Waals surface area contributed by atoms with Gasteiger partial charge in [-0.25, -0.2) is 9.38 Å². The van der Waals surface area contributed by atoms with Crippen LogP contribution >= 0.6 is 11.6 Å². The van der Waals surface area contributed by atoms with Crippen LogP contribution in [0.25, 0.3) is 0 Å². The lowest BCUT2D eigenvalue weighted by molar-refractivity contribution is -0.274. The molecule has 0 amide bonds. The fourth-order valence-corrected chi connectivity index (χ4v) is 1.06. The molecule has 3 nitrogen and oxygen atoms in total. The Morgan fingerprint density at radius 1 is 1.35 bits per heavy atom. The third-order valence-corrected chi connectivity index (χ3v) is 1.77. The predicted molar refractivity (Wildman–Crippen MR) is 55.1 cm³/mol. The highest BCUT2D eigenvalue weighted by molar-refractivity contribution is 6.28. The summed E-state index contributed by atoms with van der Waals surface area (Å²) in [5, 5.41) is 0. The summed E-state index contributed by atoms with van der Waals surface area (Å²) in [6.45, 7) is 0. The largest absolute Gasteiger partial charge is 0.573 e. The summed E-state index contributed by atoms with van der Waals surface area (Å²) in [6, 6.07) is 2.39. The predicted octanol–water partition coefficient (Wildman–Crippen LogP) is 2.95. The number of nitrogens with zero attached hydrogens (tertiary/aromatic N) is 1. The Morgan fingerprint density at radius 2 is 2.00 bits per heavy atom. The minimum absolute atomic E-state index is 0.0461. The maximum Gasteiger partial charge on any atom is 0.573 e. The first kappa shape index (κ1) is 13.6. The molecule has 0 atom stereocenters. The molecule has 1 rings (SSSR count). The molecule has 0 aliphatic heterocycles. The standard InChI is InChI=1S/C9H7ClF4N2O/c10-4-8(15)16-6-1-5(11)2-7(3-6)17-9(12,13)14/h1-3H,4H2,(H2,15,16). The molecule has 0 fully saturated rings. The molecule has 0 aromatic heterocycles. The number of amidine groups is 1. The van der Waals surface area contributed by atoms with Crippen LogP contribution in [0.2, 0.25) is 0 Å². The number of hydrogen-bond acceptors (Lipinski definition) is 2. The maximum atomic E-state index is 13.0. The van der Waals surface area contributed by atoms with Gasteiger partial charge in [-0.1, -0.05) is 0 Å². The van der Waals surface area contributed by atoms with Crippen molar-refractivity contribution < 1.29 is 22.3 Å². The molecule has 0 saturated heterocycles. The normalized spacial score (nSPS) is 12.6. The Balaban J connectivity index is 3.02. The smallest absolute Gasteiger partial charge is 0.406 e. The SMILES string of the molecule is NC(CCl)=Nc1cc(F)cc(OC(F)(F)F)c1. The van der Waals surface area contributed by atoms with Gasteiger partial charge >= 0.3 is 6.36 Å². The van der Waals surface area contributed by atoms with E-state index >= 15 is 0 Å². The molecule has 17 heavy (non-hydrogen) atoms. The first-order valence-electron chi connectivity index (χ1n) is 4.25. The number of hydrogen-bond donors (Lipinski definition) is 1. The van der Waals surface area contributed by atoms with E-state index in [1.54, 1.807) is 0 Å². The van der Waals surface area contributed by atoms with Gasteiger partial charge in [0.15, 0.2) is 0 Å². The first-order chi connectivity index (χ1) is 7.80. The second-order valence-corrected chi connectivity index (χ2v) is 3.20. The van der Waals surface area contributed by atoms with E-state index in [0.29, 0.717) is 6.07 Å². The lowest BCUT2D eigenvalue weighted by Crippen LogP contribution is -2.17. The molecule has 0 spiro atoms. The monoisotopic (exact) mass is 270 g/mol. The molecule has 1 aromatic rings. The van der Waals surface area contributed by atoms with Gasteiger partial charge in [-0.2, -0.15) is 0 Å². The zero-order valence-electron chi connectivity index (χ0n) is 8.26. The minimum Gasteiger partial charge on any atom is -0.406 e. The highest BCUT2D eigenvalue weighted by Crippen LogP contribution is 2.27. The quantitative estimate of drug-likeness (QED) is 0.397. The number of benzene rings is 1. The number of aliphatic imine (C=N–C) groups is 1. The summed E-state index contributed by atoms with van der Waals surface area (Å²) in [7, 11) is 0. The molecule has 0 aliphatic rings. The van der Waals surface area contributed by atoms with Crippen LogP contribution in [0.3, 0.4) is 0 Å². The average molecular weight is 271 g/mol. The van der Waals surface area contributed by atoms with Gasteiger partial charge in [-0.15, -0.1) is 24.8 Å². The van der Waals surface area contributed by atoms with E-state index in [-0.39, 0.29) is 17.4 Å². The van der Waals surface area contributed by atoms with Crippen LogP contribution in [-0.4, -0.2) is 18.1 Å². The molecule has 0 aliphatic carbocycles. The molecule has 1 aromatic carbocycles. The van der Waals surface area contributed by atoms with Crippen LogP contribution in [0, 0.1) is 5.82 Å². The Bertz CT molecular complexity index is 433. The van der Waals surface area contributed by atoms with E-state index in [1.165, 1.54) is 0 Å². The topological polar surface area (TPSA) is 47.6 Å². The van der Waals surface area contributed by atoms with Crippen molar-refractivity contribution in [3.63, 3.8) is 0 Å². The van der Waals surface area contributed by atoms with Gasteiger partial charge in [-0.05, 0) is 6.07 Å². The van der Waals surface area contributed by atoms with Crippen LogP contribution < -0.4 is 10.5 Å². The van der Waals surface area contributed by atoms with Crippen molar-refractivity contribution in [2.24, 2.45) is 10.7 Å². The summed E-state index contributed by atoms with van der Waals surface area (Å²) in [5.74, 6) is -1.80. The number of nitrogens with two attached hydrogens (primary N) is 1.